The van der Waals surface area contributed by atoms with E-state index >= 15 is 0 Å². The highest BCUT2D eigenvalue weighted by Gasteiger charge is 2.22. The zero-order chi connectivity index (χ0) is 13.9. The molecule has 0 amide bonds. The Bertz CT molecular complexity index is 472. The third-order valence-electron chi connectivity index (χ3n) is 3.86. The van der Waals surface area contributed by atoms with Crippen molar-refractivity contribution in [3.8, 4) is 11.5 Å². The van der Waals surface area contributed by atoms with Crippen LogP contribution in [0.1, 0.15) is 19.8 Å². The summed E-state index contributed by atoms with van der Waals surface area (Å²) in [6, 6.07) is 3.85. The second-order valence-electron chi connectivity index (χ2n) is 5.23. The third kappa shape index (κ3) is 2.63. The lowest BCUT2D eigenvalue weighted by Crippen LogP contribution is -2.32. The van der Waals surface area contributed by atoms with E-state index in [0.717, 1.165) is 55.4 Å². The number of ether oxygens (including phenoxy) is 3. The van der Waals surface area contributed by atoms with E-state index in [9.17, 15) is 0 Å². The van der Waals surface area contributed by atoms with Gasteiger partial charge in [0.05, 0.1) is 17.5 Å². The first-order valence-electron chi connectivity index (χ1n) is 7.33. The molecule has 1 unspecified atom stereocenters. The molecule has 5 nitrogen and oxygen atoms in total. The van der Waals surface area contributed by atoms with Crippen LogP contribution in [0.15, 0.2) is 12.1 Å². The summed E-state index contributed by atoms with van der Waals surface area (Å²) in [7, 11) is 0. The molecule has 0 spiro atoms. The minimum absolute atomic E-state index is 0.308. The van der Waals surface area contributed by atoms with E-state index in [1.807, 2.05) is 12.1 Å². The molecule has 5 heteroatoms. The maximum atomic E-state index is 6.18. The summed E-state index contributed by atoms with van der Waals surface area (Å²) in [6.45, 7) is 5.95. The van der Waals surface area contributed by atoms with Crippen molar-refractivity contribution in [3.63, 3.8) is 0 Å². The van der Waals surface area contributed by atoms with Gasteiger partial charge in [-0.3, -0.25) is 0 Å². The van der Waals surface area contributed by atoms with E-state index in [-0.39, 0.29) is 0 Å². The zero-order valence-electron chi connectivity index (χ0n) is 11.9. The lowest BCUT2D eigenvalue weighted by Gasteiger charge is -2.29. The maximum Gasteiger partial charge on any atom is 0.163 e. The van der Waals surface area contributed by atoms with Crippen LogP contribution in [0.4, 0.5) is 11.4 Å². The van der Waals surface area contributed by atoms with Gasteiger partial charge in [0.1, 0.15) is 13.2 Å². The highest BCUT2D eigenvalue weighted by molar-refractivity contribution is 5.73. The van der Waals surface area contributed by atoms with Crippen LogP contribution in [0.3, 0.4) is 0 Å². The van der Waals surface area contributed by atoms with Gasteiger partial charge >= 0.3 is 0 Å². The Kier molecular flexibility index (Phi) is 3.87. The number of hydrogen-bond acceptors (Lipinski definition) is 5. The van der Waals surface area contributed by atoms with Crippen molar-refractivity contribution < 1.29 is 14.2 Å². The first-order chi connectivity index (χ1) is 9.78. The fraction of sp³-hybridized carbons (Fsp3) is 0.600. The fourth-order valence-corrected chi connectivity index (χ4v) is 2.80. The second kappa shape index (κ2) is 5.79. The molecule has 2 N–H and O–H groups in total. The molecule has 1 atom stereocenters. The predicted molar refractivity (Wildman–Crippen MR) is 78.7 cm³/mol. The summed E-state index contributed by atoms with van der Waals surface area (Å²) in [5.74, 6) is 1.52. The smallest absolute Gasteiger partial charge is 0.163 e. The van der Waals surface area contributed by atoms with Gasteiger partial charge in [0.15, 0.2) is 11.5 Å². The highest BCUT2D eigenvalue weighted by atomic mass is 16.6. The first kappa shape index (κ1) is 13.4. The average molecular weight is 278 g/mol. The van der Waals surface area contributed by atoms with Gasteiger partial charge in [-0.05, 0) is 19.8 Å². The number of fused-ring (bicyclic) bond motifs is 1. The number of rotatable bonds is 4. The lowest BCUT2D eigenvalue weighted by atomic mass is 10.1. The Morgan fingerprint density at radius 2 is 1.95 bits per heavy atom. The van der Waals surface area contributed by atoms with Gasteiger partial charge in [0.25, 0.3) is 0 Å². The molecule has 0 radical (unpaired) electrons. The van der Waals surface area contributed by atoms with Crippen molar-refractivity contribution in [2.24, 2.45) is 0 Å². The van der Waals surface area contributed by atoms with Gasteiger partial charge in [0.2, 0.25) is 0 Å². The van der Waals surface area contributed by atoms with Gasteiger partial charge < -0.3 is 24.8 Å². The predicted octanol–water partition coefficient (Wildman–Crippen LogP) is 2.05. The minimum Gasteiger partial charge on any atom is -0.486 e. The fourth-order valence-electron chi connectivity index (χ4n) is 2.80. The summed E-state index contributed by atoms with van der Waals surface area (Å²) >= 11 is 0. The van der Waals surface area contributed by atoms with Crippen LogP contribution in [0.2, 0.25) is 0 Å². The average Bonchev–Trinajstić information content (AvgIpc) is 2.97. The van der Waals surface area contributed by atoms with E-state index in [0.29, 0.717) is 19.3 Å². The van der Waals surface area contributed by atoms with Gasteiger partial charge in [-0.1, -0.05) is 0 Å². The van der Waals surface area contributed by atoms with Crippen LogP contribution in [-0.4, -0.2) is 39.0 Å². The van der Waals surface area contributed by atoms with E-state index in [1.54, 1.807) is 0 Å². The summed E-state index contributed by atoms with van der Waals surface area (Å²) in [6.07, 6.45) is 2.59. The van der Waals surface area contributed by atoms with Crippen molar-refractivity contribution in [2.75, 3.05) is 43.5 Å². The number of nitrogens with zero attached hydrogens (tertiary/aromatic N) is 1. The summed E-state index contributed by atoms with van der Waals surface area (Å²) in [4.78, 5) is 2.25. The summed E-state index contributed by atoms with van der Waals surface area (Å²) < 4.78 is 16.9. The van der Waals surface area contributed by atoms with E-state index in [4.69, 9.17) is 19.9 Å². The van der Waals surface area contributed by atoms with Crippen molar-refractivity contribution in [1.29, 1.82) is 0 Å². The number of likely N-dealkylation sites (N-methyl/N-ethyl adjacent to an activating group) is 1. The molecule has 0 aromatic heterocycles. The number of anilines is 2. The number of nitrogens with two attached hydrogens (primary N) is 1. The quantitative estimate of drug-likeness (QED) is 0.854. The Balaban J connectivity index is 1.82. The minimum atomic E-state index is 0.308. The van der Waals surface area contributed by atoms with Gasteiger partial charge in [-0.2, -0.15) is 0 Å². The standard InChI is InChI=1S/C15H22N2O3/c1-2-17(10-11-4-3-5-18-11)13-9-15-14(8-12(13)16)19-6-7-20-15/h8-9,11H,2-7,10,16H2,1H3. The van der Waals surface area contributed by atoms with E-state index < -0.39 is 0 Å². The summed E-state index contributed by atoms with van der Waals surface area (Å²) in [5.41, 5.74) is 7.91. The van der Waals surface area contributed by atoms with Crippen LogP contribution in [0.25, 0.3) is 0 Å². The molecular weight excluding hydrogens is 256 g/mol. The van der Waals surface area contributed by atoms with Crippen molar-refractivity contribution in [2.45, 2.75) is 25.9 Å². The molecule has 1 saturated heterocycles. The van der Waals surface area contributed by atoms with Crippen LogP contribution in [0, 0.1) is 0 Å². The Hall–Kier alpha value is -1.62. The van der Waals surface area contributed by atoms with Gasteiger partial charge in [0, 0.05) is 31.8 Å². The van der Waals surface area contributed by atoms with Crippen LogP contribution < -0.4 is 20.1 Å². The molecule has 2 aliphatic rings. The van der Waals surface area contributed by atoms with Gasteiger partial charge in [-0.25, -0.2) is 0 Å². The Labute approximate surface area is 119 Å². The molecular formula is C15H22N2O3. The van der Waals surface area contributed by atoms with Crippen molar-refractivity contribution in [3.05, 3.63) is 12.1 Å². The molecule has 20 heavy (non-hydrogen) atoms. The Morgan fingerprint density at radius 1 is 1.20 bits per heavy atom. The molecule has 1 fully saturated rings. The molecule has 2 aliphatic heterocycles. The number of benzene rings is 1. The number of nitrogen functional groups attached to an aromatic ring is 1. The monoisotopic (exact) mass is 278 g/mol. The third-order valence-corrected chi connectivity index (χ3v) is 3.86. The van der Waals surface area contributed by atoms with E-state index in [1.165, 1.54) is 0 Å². The maximum absolute atomic E-state index is 6.18. The largest absolute Gasteiger partial charge is 0.486 e. The topological polar surface area (TPSA) is 57.0 Å². The normalized spacial score (nSPS) is 20.9. The van der Waals surface area contributed by atoms with Gasteiger partial charge in [-0.15, -0.1) is 0 Å². The van der Waals surface area contributed by atoms with Crippen LogP contribution in [0.5, 0.6) is 11.5 Å². The highest BCUT2D eigenvalue weighted by Crippen LogP contribution is 2.38. The SMILES string of the molecule is CCN(CC1CCCO1)c1cc2c(cc1N)OCCO2. The molecule has 110 valence electrons. The van der Waals surface area contributed by atoms with Crippen molar-refractivity contribution in [1.82, 2.24) is 0 Å². The second-order valence-corrected chi connectivity index (χ2v) is 5.23. The Morgan fingerprint density at radius 3 is 2.60 bits per heavy atom. The van der Waals surface area contributed by atoms with E-state index in [2.05, 4.69) is 11.8 Å². The first-order valence-corrected chi connectivity index (χ1v) is 7.33. The van der Waals surface area contributed by atoms with Crippen LogP contribution in [-0.2, 0) is 4.74 Å². The molecule has 3 rings (SSSR count). The molecule has 1 aromatic carbocycles. The lowest BCUT2D eigenvalue weighted by molar-refractivity contribution is 0.115. The summed E-state index contributed by atoms with van der Waals surface area (Å²) in [5, 5.41) is 0. The molecule has 2 heterocycles. The molecule has 0 saturated carbocycles. The van der Waals surface area contributed by atoms with Crippen LogP contribution >= 0.6 is 0 Å². The molecule has 0 bridgehead atoms. The molecule has 0 aliphatic carbocycles. The van der Waals surface area contributed by atoms with Crippen molar-refractivity contribution >= 4 is 11.4 Å². The zero-order valence-corrected chi connectivity index (χ0v) is 11.9. The number of hydrogen-bond donors (Lipinski definition) is 1. The molecule has 1 aromatic rings.